The lowest BCUT2D eigenvalue weighted by Gasteiger charge is -2.16. The van der Waals surface area contributed by atoms with Crippen LogP contribution in [-0.4, -0.2) is 28.2 Å². The SMILES string of the molecule is C[C@H](C(=O)n1c(=O)oc2ccccc21)[C@H](O)CCN=[N+]=[N-]. The van der Waals surface area contributed by atoms with Crippen molar-refractivity contribution in [2.45, 2.75) is 19.4 Å². The van der Waals surface area contributed by atoms with Crippen LogP contribution in [0.2, 0.25) is 0 Å². The monoisotopic (exact) mass is 290 g/mol. The third-order valence-corrected chi connectivity index (χ3v) is 3.26. The number of benzene rings is 1. The maximum absolute atomic E-state index is 12.4. The highest BCUT2D eigenvalue weighted by Crippen LogP contribution is 2.16. The molecule has 0 unspecified atom stereocenters. The van der Waals surface area contributed by atoms with Gasteiger partial charge in [-0.2, -0.15) is 0 Å². The van der Waals surface area contributed by atoms with Crippen LogP contribution >= 0.6 is 0 Å². The van der Waals surface area contributed by atoms with Crippen molar-refractivity contribution in [2.75, 3.05) is 6.54 Å². The van der Waals surface area contributed by atoms with Crippen molar-refractivity contribution in [1.82, 2.24) is 4.57 Å². The molecule has 2 rings (SSSR count). The average Bonchev–Trinajstić information content (AvgIpc) is 2.81. The first kappa shape index (κ1) is 14.8. The van der Waals surface area contributed by atoms with E-state index in [1.807, 2.05) is 0 Å². The molecule has 1 N–H and O–H groups in total. The molecular formula is C13H14N4O4. The Morgan fingerprint density at radius 3 is 2.95 bits per heavy atom. The van der Waals surface area contributed by atoms with Crippen LogP contribution in [0, 0.1) is 5.92 Å². The van der Waals surface area contributed by atoms with E-state index in [9.17, 15) is 14.7 Å². The van der Waals surface area contributed by atoms with Gasteiger partial charge in [-0.3, -0.25) is 4.79 Å². The zero-order chi connectivity index (χ0) is 15.4. The van der Waals surface area contributed by atoms with E-state index in [-0.39, 0.29) is 13.0 Å². The minimum Gasteiger partial charge on any atom is -0.407 e. The summed E-state index contributed by atoms with van der Waals surface area (Å²) >= 11 is 0. The Bertz CT molecular complexity index is 757. The van der Waals surface area contributed by atoms with Crippen LogP contribution in [0.5, 0.6) is 0 Å². The molecule has 0 aliphatic rings. The molecule has 8 heteroatoms. The predicted molar refractivity (Wildman–Crippen MR) is 74.9 cm³/mol. The molecule has 21 heavy (non-hydrogen) atoms. The summed E-state index contributed by atoms with van der Waals surface area (Å²) < 4.78 is 5.90. The molecule has 0 saturated carbocycles. The van der Waals surface area contributed by atoms with E-state index in [1.165, 1.54) is 6.92 Å². The van der Waals surface area contributed by atoms with Crippen molar-refractivity contribution in [3.05, 3.63) is 45.3 Å². The molecular weight excluding hydrogens is 276 g/mol. The van der Waals surface area contributed by atoms with Crippen molar-refractivity contribution in [2.24, 2.45) is 11.0 Å². The molecule has 0 aliphatic heterocycles. The third-order valence-electron chi connectivity index (χ3n) is 3.26. The number of azide groups is 1. The zero-order valence-electron chi connectivity index (χ0n) is 11.3. The Morgan fingerprint density at radius 1 is 1.52 bits per heavy atom. The minimum absolute atomic E-state index is 0.0797. The van der Waals surface area contributed by atoms with E-state index >= 15 is 0 Å². The number of para-hydroxylation sites is 2. The number of rotatable bonds is 5. The molecule has 0 fully saturated rings. The van der Waals surface area contributed by atoms with Gasteiger partial charge in [0.2, 0.25) is 5.91 Å². The van der Waals surface area contributed by atoms with Crippen LogP contribution in [0.15, 0.2) is 38.6 Å². The standard InChI is InChI=1S/C13H14N4O4/c1-8(10(18)6-7-15-16-14)12(19)17-9-4-2-3-5-11(9)21-13(17)20/h2-5,8,10,18H,6-7H2,1H3/t8-,10+/m0/s1. The summed E-state index contributed by atoms with van der Waals surface area (Å²) in [6.07, 6.45) is -0.870. The van der Waals surface area contributed by atoms with Crippen LogP contribution in [0.4, 0.5) is 0 Å². The molecule has 110 valence electrons. The molecule has 1 aromatic heterocycles. The molecule has 0 amide bonds. The van der Waals surface area contributed by atoms with Gasteiger partial charge in [0.05, 0.1) is 17.5 Å². The minimum atomic E-state index is -1.01. The quantitative estimate of drug-likeness (QED) is 0.513. The summed E-state index contributed by atoms with van der Waals surface area (Å²) in [6.45, 7) is 1.59. The van der Waals surface area contributed by atoms with Gasteiger partial charge in [-0.15, -0.1) is 0 Å². The number of aromatic nitrogens is 1. The van der Waals surface area contributed by atoms with Gasteiger partial charge in [0.25, 0.3) is 0 Å². The molecule has 0 radical (unpaired) electrons. The van der Waals surface area contributed by atoms with Crippen molar-refractivity contribution < 1.29 is 14.3 Å². The smallest absolute Gasteiger partial charge is 0.407 e. The van der Waals surface area contributed by atoms with Gasteiger partial charge >= 0.3 is 5.76 Å². The molecule has 0 aliphatic carbocycles. The van der Waals surface area contributed by atoms with E-state index in [2.05, 4.69) is 10.0 Å². The third kappa shape index (κ3) is 2.96. The zero-order valence-corrected chi connectivity index (χ0v) is 11.3. The highest BCUT2D eigenvalue weighted by atomic mass is 16.4. The Hall–Kier alpha value is -2.57. The van der Waals surface area contributed by atoms with Gasteiger partial charge in [-0.05, 0) is 24.1 Å². The fourth-order valence-corrected chi connectivity index (χ4v) is 2.03. The topological polar surface area (TPSA) is 121 Å². The predicted octanol–water partition coefficient (Wildman–Crippen LogP) is 1.93. The van der Waals surface area contributed by atoms with E-state index in [0.717, 1.165) is 4.57 Å². The molecule has 2 aromatic rings. The second-order valence-corrected chi connectivity index (χ2v) is 4.61. The molecule has 0 bridgehead atoms. The van der Waals surface area contributed by atoms with Crippen LogP contribution in [0.1, 0.15) is 18.1 Å². The first-order valence-electron chi connectivity index (χ1n) is 6.40. The van der Waals surface area contributed by atoms with Gasteiger partial charge in [0, 0.05) is 11.5 Å². The maximum Gasteiger partial charge on any atom is 0.426 e. The van der Waals surface area contributed by atoms with Crippen LogP contribution in [0.25, 0.3) is 21.5 Å². The average molecular weight is 290 g/mol. The second kappa shape index (κ2) is 6.25. The summed E-state index contributed by atoms with van der Waals surface area (Å²) in [5.74, 6) is -2.16. The number of carbonyl (C=O) groups is 1. The molecule has 2 atom stereocenters. The van der Waals surface area contributed by atoms with E-state index in [4.69, 9.17) is 9.95 Å². The highest BCUT2D eigenvalue weighted by Gasteiger charge is 2.26. The first-order valence-corrected chi connectivity index (χ1v) is 6.40. The number of aliphatic hydroxyl groups is 1. The van der Waals surface area contributed by atoms with Crippen molar-refractivity contribution in [3.63, 3.8) is 0 Å². The summed E-state index contributed by atoms with van der Waals surface area (Å²) in [6, 6.07) is 6.56. The van der Waals surface area contributed by atoms with Gasteiger partial charge in [0.1, 0.15) is 0 Å². The summed E-state index contributed by atoms with van der Waals surface area (Å²) in [5.41, 5.74) is 8.86. The molecule has 0 saturated heterocycles. The fraction of sp³-hybridized carbons (Fsp3) is 0.385. The summed E-state index contributed by atoms with van der Waals surface area (Å²) in [4.78, 5) is 26.7. The summed E-state index contributed by atoms with van der Waals surface area (Å²) in [5, 5.41) is 13.2. The Labute approximate surface area is 119 Å². The number of oxazole rings is 1. The van der Waals surface area contributed by atoms with Gasteiger partial charge in [-0.1, -0.05) is 24.2 Å². The molecule has 1 heterocycles. The van der Waals surface area contributed by atoms with E-state index in [0.29, 0.717) is 11.1 Å². The molecule has 1 aromatic carbocycles. The first-order chi connectivity index (χ1) is 10.1. The van der Waals surface area contributed by atoms with Crippen LogP contribution in [-0.2, 0) is 0 Å². The number of fused-ring (bicyclic) bond motifs is 1. The summed E-state index contributed by atoms with van der Waals surface area (Å²) in [7, 11) is 0. The highest BCUT2D eigenvalue weighted by molar-refractivity contribution is 5.90. The number of carbonyl (C=O) groups excluding carboxylic acids is 1. The Morgan fingerprint density at radius 2 is 2.24 bits per heavy atom. The molecule has 8 nitrogen and oxygen atoms in total. The second-order valence-electron chi connectivity index (χ2n) is 4.61. The van der Waals surface area contributed by atoms with Crippen LogP contribution < -0.4 is 5.76 Å². The van der Waals surface area contributed by atoms with Crippen molar-refractivity contribution in [3.8, 4) is 0 Å². The van der Waals surface area contributed by atoms with Gasteiger partial charge in [0.15, 0.2) is 5.58 Å². The Balaban J connectivity index is 2.27. The lowest BCUT2D eigenvalue weighted by atomic mass is 10.0. The lowest BCUT2D eigenvalue weighted by molar-refractivity contribution is 0.0613. The number of nitrogens with zero attached hydrogens (tertiary/aromatic N) is 4. The largest absolute Gasteiger partial charge is 0.426 e. The Kier molecular flexibility index (Phi) is 4.42. The normalized spacial score (nSPS) is 13.6. The fourth-order valence-electron chi connectivity index (χ4n) is 2.03. The molecule has 0 spiro atoms. The maximum atomic E-state index is 12.4. The number of hydrogen-bond acceptors (Lipinski definition) is 5. The number of hydrogen-bond donors (Lipinski definition) is 1. The number of aliphatic hydroxyl groups excluding tert-OH is 1. The van der Waals surface area contributed by atoms with Crippen molar-refractivity contribution in [1.29, 1.82) is 0 Å². The lowest BCUT2D eigenvalue weighted by Crippen LogP contribution is -2.34. The van der Waals surface area contributed by atoms with Gasteiger partial charge < -0.3 is 9.52 Å². The van der Waals surface area contributed by atoms with E-state index < -0.39 is 23.7 Å². The van der Waals surface area contributed by atoms with Gasteiger partial charge in [-0.25, -0.2) is 9.36 Å². The van der Waals surface area contributed by atoms with Crippen LogP contribution in [0.3, 0.4) is 0 Å². The van der Waals surface area contributed by atoms with Crippen molar-refractivity contribution >= 4 is 17.0 Å². The van der Waals surface area contributed by atoms with E-state index in [1.54, 1.807) is 24.3 Å².